The lowest BCUT2D eigenvalue weighted by molar-refractivity contribution is -0.124. The first-order valence-electron chi connectivity index (χ1n) is 9.29. The van der Waals surface area contributed by atoms with Crippen molar-refractivity contribution >= 4 is 11.8 Å². The zero-order valence-electron chi connectivity index (χ0n) is 15.5. The van der Waals surface area contributed by atoms with Crippen LogP contribution in [0.25, 0.3) is 0 Å². The van der Waals surface area contributed by atoms with Crippen LogP contribution in [-0.4, -0.2) is 29.9 Å². The number of aryl methyl sites for hydroxylation is 1. The number of hydrogen-bond acceptors (Lipinski definition) is 3. The van der Waals surface area contributed by atoms with Crippen molar-refractivity contribution in [3.63, 3.8) is 0 Å². The van der Waals surface area contributed by atoms with Crippen LogP contribution in [0.3, 0.4) is 0 Å². The highest BCUT2D eigenvalue weighted by molar-refractivity contribution is 5.98. The van der Waals surface area contributed by atoms with E-state index >= 15 is 0 Å². The average molecular weight is 345 g/mol. The van der Waals surface area contributed by atoms with Gasteiger partial charge in [0.1, 0.15) is 6.04 Å². The fourth-order valence-electron chi connectivity index (χ4n) is 3.33. The van der Waals surface area contributed by atoms with Gasteiger partial charge in [0, 0.05) is 17.6 Å². The summed E-state index contributed by atoms with van der Waals surface area (Å²) in [6.45, 7) is 6.01. The second kappa shape index (κ2) is 8.99. The Kier molecular flexibility index (Phi) is 7.00. The molecule has 0 saturated heterocycles. The monoisotopic (exact) mass is 345 g/mol. The van der Waals surface area contributed by atoms with Crippen molar-refractivity contribution in [3.8, 4) is 0 Å². The lowest BCUT2D eigenvalue weighted by Crippen LogP contribution is -2.51. The first kappa shape index (κ1) is 19.4. The topological polar surface area (TPSA) is 84.2 Å². The van der Waals surface area contributed by atoms with Gasteiger partial charge in [-0.15, -0.1) is 0 Å². The molecule has 138 valence electrons. The second-order valence-corrected chi connectivity index (χ2v) is 7.59. The number of hydrogen-bond donors (Lipinski definition) is 3. The van der Waals surface area contributed by atoms with E-state index in [4.69, 9.17) is 5.73 Å². The second-order valence-electron chi connectivity index (χ2n) is 7.59. The Hall–Kier alpha value is -1.88. The fraction of sp³-hybridized carbons (Fsp3) is 0.600. The molecule has 2 rings (SSSR count). The van der Waals surface area contributed by atoms with E-state index < -0.39 is 6.04 Å². The van der Waals surface area contributed by atoms with Gasteiger partial charge >= 0.3 is 0 Å². The van der Waals surface area contributed by atoms with E-state index in [1.807, 2.05) is 25.1 Å². The van der Waals surface area contributed by atoms with E-state index in [1.54, 1.807) is 6.07 Å². The molecule has 25 heavy (non-hydrogen) atoms. The third-order valence-electron chi connectivity index (χ3n) is 4.84. The van der Waals surface area contributed by atoms with Gasteiger partial charge < -0.3 is 16.4 Å². The van der Waals surface area contributed by atoms with E-state index in [-0.39, 0.29) is 23.9 Å². The molecular formula is C20H31N3O2. The molecule has 0 aromatic heterocycles. The normalized spacial score (nSPS) is 21.6. The number of nitrogens with two attached hydrogens (primary N) is 1. The molecule has 0 spiro atoms. The van der Waals surface area contributed by atoms with Crippen molar-refractivity contribution in [2.24, 2.45) is 11.7 Å². The van der Waals surface area contributed by atoms with Gasteiger partial charge in [-0.3, -0.25) is 9.59 Å². The van der Waals surface area contributed by atoms with Crippen LogP contribution in [0, 0.1) is 12.8 Å². The summed E-state index contributed by atoms with van der Waals surface area (Å²) < 4.78 is 0. The third-order valence-corrected chi connectivity index (χ3v) is 4.84. The number of amides is 2. The zero-order valence-corrected chi connectivity index (χ0v) is 15.5. The Balaban J connectivity index is 2.01. The molecule has 0 aliphatic heterocycles. The van der Waals surface area contributed by atoms with Crippen molar-refractivity contribution in [2.75, 3.05) is 0 Å². The van der Waals surface area contributed by atoms with Crippen LogP contribution < -0.4 is 16.4 Å². The van der Waals surface area contributed by atoms with Crippen LogP contribution in [0.4, 0.5) is 0 Å². The van der Waals surface area contributed by atoms with Crippen LogP contribution in [0.2, 0.25) is 0 Å². The summed E-state index contributed by atoms with van der Waals surface area (Å²) in [5.41, 5.74) is 7.45. The SMILES string of the molecule is Cc1ccccc1C(=O)NC(CC(C)C)C(=O)NC1CCC(N)CC1. The van der Waals surface area contributed by atoms with Crippen LogP contribution in [0.5, 0.6) is 0 Å². The van der Waals surface area contributed by atoms with Crippen molar-refractivity contribution in [2.45, 2.75) is 71.0 Å². The number of benzene rings is 1. The standard InChI is InChI=1S/C20H31N3O2/c1-13(2)12-18(20(25)22-16-10-8-15(21)9-11-16)23-19(24)17-7-5-4-6-14(17)3/h4-7,13,15-16,18H,8-12,21H2,1-3H3,(H,22,25)(H,23,24). The Labute approximate surface area is 150 Å². The third kappa shape index (κ3) is 5.85. The number of nitrogens with one attached hydrogen (secondary N) is 2. The van der Waals surface area contributed by atoms with Gasteiger partial charge in [0.2, 0.25) is 5.91 Å². The molecule has 1 unspecified atom stereocenters. The molecule has 1 fully saturated rings. The Morgan fingerprint density at radius 1 is 1.16 bits per heavy atom. The quantitative estimate of drug-likeness (QED) is 0.741. The van der Waals surface area contributed by atoms with Crippen LogP contribution in [0.15, 0.2) is 24.3 Å². The van der Waals surface area contributed by atoms with E-state index in [0.717, 1.165) is 31.2 Å². The summed E-state index contributed by atoms with van der Waals surface area (Å²) in [6, 6.07) is 7.33. The molecule has 1 aliphatic rings. The zero-order chi connectivity index (χ0) is 18.4. The lowest BCUT2D eigenvalue weighted by atomic mass is 9.91. The lowest BCUT2D eigenvalue weighted by Gasteiger charge is -2.29. The number of carbonyl (C=O) groups excluding carboxylic acids is 2. The number of carbonyl (C=O) groups is 2. The Morgan fingerprint density at radius 2 is 1.80 bits per heavy atom. The summed E-state index contributed by atoms with van der Waals surface area (Å²) >= 11 is 0. The predicted molar refractivity (Wildman–Crippen MR) is 100 cm³/mol. The molecule has 4 N–H and O–H groups in total. The van der Waals surface area contributed by atoms with Crippen molar-refractivity contribution in [1.82, 2.24) is 10.6 Å². The molecule has 5 heteroatoms. The molecular weight excluding hydrogens is 314 g/mol. The summed E-state index contributed by atoms with van der Waals surface area (Å²) in [4.78, 5) is 25.3. The minimum Gasteiger partial charge on any atom is -0.352 e. The van der Waals surface area contributed by atoms with E-state index in [0.29, 0.717) is 17.9 Å². The van der Waals surface area contributed by atoms with Gasteiger partial charge in [-0.1, -0.05) is 32.0 Å². The first-order valence-corrected chi connectivity index (χ1v) is 9.29. The van der Waals surface area contributed by atoms with Crippen LogP contribution in [-0.2, 0) is 4.79 Å². The van der Waals surface area contributed by atoms with Gasteiger partial charge in [-0.05, 0) is 56.6 Å². The maximum absolute atomic E-state index is 12.7. The maximum atomic E-state index is 12.7. The molecule has 1 aromatic carbocycles. The minimum absolute atomic E-state index is 0.0869. The van der Waals surface area contributed by atoms with Crippen molar-refractivity contribution in [1.29, 1.82) is 0 Å². The van der Waals surface area contributed by atoms with Crippen molar-refractivity contribution < 1.29 is 9.59 Å². The molecule has 1 saturated carbocycles. The maximum Gasteiger partial charge on any atom is 0.252 e. The van der Waals surface area contributed by atoms with E-state index in [2.05, 4.69) is 24.5 Å². The van der Waals surface area contributed by atoms with Gasteiger partial charge in [0.05, 0.1) is 0 Å². The molecule has 2 amide bonds. The summed E-state index contributed by atoms with van der Waals surface area (Å²) in [5, 5.41) is 6.04. The highest BCUT2D eigenvalue weighted by atomic mass is 16.2. The van der Waals surface area contributed by atoms with Crippen molar-refractivity contribution in [3.05, 3.63) is 35.4 Å². The van der Waals surface area contributed by atoms with Gasteiger partial charge in [-0.25, -0.2) is 0 Å². The smallest absolute Gasteiger partial charge is 0.252 e. The van der Waals surface area contributed by atoms with Gasteiger partial charge in [0.25, 0.3) is 5.91 Å². The average Bonchev–Trinajstić information content (AvgIpc) is 2.56. The predicted octanol–water partition coefficient (Wildman–Crippen LogP) is 2.53. The first-order chi connectivity index (χ1) is 11.9. The largest absolute Gasteiger partial charge is 0.352 e. The number of rotatable bonds is 6. The highest BCUT2D eigenvalue weighted by Crippen LogP contribution is 2.17. The highest BCUT2D eigenvalue weighted by Gasteiger charge is 2.26. The van der Waals surface area contributed by atoms with Crippen LogP contribution >= 0.6 is 0 Å². The molecule has 0 heterocycles. The summed E-state index contributed by atoms with van der Waals surface area (Å²) in [7, 11) is 0. The van der Waals surface area contributed by atoms with E-state index in [1.165, 1.54) is 0 Å². The molecule has 0 bridgehead atoms. The van der Waals surface area contributed by atoms with Crippen LogP contribution in [0.1, 0.15) is 61.9 Å². The van der Waals surface area contributed by atoms with Gasteiger partial charge in [0.15, 0.2) is 0 Å². The molecule has 1 aliphatic carbocycles. The fourth-order valence-corrected chi connectivity index (χ4v) is 3.33. The summed E-state index contributed by atoms with van der Waals surface area (Å²) in [5.74, 6) is 0.0355. The summed E-state index contributed by atoms with van der Waals surface area (Å²) in [6.07, 6.45) is 4.32. The molecule has 1 aromatic rings. The molecule has 0 radical (unpaired) electrons. The molecule has 5 nitrogen and oxygen atoms in total. The molecule has 1 atom stereocenters. The van der Waals surface area contributed by atoms with Gasteiger partial charge in [-0.2, -0.15) is 0 Å². The minimum atomic E-state index is -0.511. The Bertz CT molecular complexity index is 592. The Morgan fingerprint density at radius 3 is 2.40 bits per heavy atom. The van der Waals surface area contributed by atoms with E-state index in [9.17, 15) is 9.59 Å².